The van der Waals surface area contributed by atoms with Gasteiger partial charge in [-0.2, -0.15) is 0 Å². The summed E-state index contributed by atoms with van der Waals surface area (Å²) >= 11 is 0. The van der Waals surface area contributed by atoms with Crippen LogP contribution in [0, 0.1) is 5.92 Å². The van der Waals surface area contributed by atoms with Crippen LogP contribution in [-0.2, 0) is 27.3 Å². The second-order valence-corrected chi connectivity index (χ2v) is 7.51. The van der Waals surface area contributed by atoms with Gasteiger partial charge < -0.3 is 19.5 Å². The zero-order chi connectivity index (χ0) is 17.7. The Balaban J connectivity index is 1.62. The molecule has 0 radical (unpaired) electrons. The van der Waals surface area contributed by atoms with Gasteiger partial charge in [-0.25, -0.2) is 0 Å². The third-order valence-corrected chi connectivity index (χ3v) is 5.19. The lowest BCUT2D eigenvalue weighted by Crippen LogP contribution is -2.35. The van der Waals surface area contributed by atoms with Crippen molar-refractivity contribution in [1.82, 2.24) is 5.32 Å². The van der Waals surface area contributed by atoms with E-state index in [1.807, 2.05) is 26.0 Å². The van der Waals surface area contributed by atoms with Crippen molar-refractivity contribution in [2.24, 2.45) is 5.92 Å². The van der Waals surface area contributed by atoms with Gasteiger partial charge in [0.05, 0.1) is 6.61 Å². The Morgan fingerprint density at radius 2 is 2.16 bits per heavy atom. The number of benzene rings is 1. The number of nitrogens with one attached hydrogen (secondary N) is 1. The number of carbonyl (C=O) groups is 1. The average molecular weight is 347 g/mol. The molecule has 0 bridgehead atoms. The lowest BCUT2D eigenvalue weighted by molar-refractivity contribution is -0.180. The topological polar surface area (TPSA) is 56.8 Å². The molecule has 2 aliphatic heterocycles. The third-order valence-electron chi connectivity index (χ3n) is 5.19. The lowest BCUT2D eigenvalue weighted by Gasteiger charge is -2.33. The van der Waals surface area contributed by atoms with E-state index in [1.165, 1.54) is 5.56 Å². The van der Waals surface area contributed by atoms with E-state index in [1.54, 1.807) is 0 Å². The summed E-state index contributed by atoms with van der Waals surface area (Å²) in [4.78, 5) is 10.9. The van der Waals surface area contributed by atoms with E-state index in [9.17, 15) is 4.79 Å². The summed E-state index contributed by atoms with van der Waals surface area (Å²) in [5.74, 6) is 0.965. The molecule has 0 spiro atoms. The first-order valence-electron chi connectivity index (χ1n) is 9.31. The number of hydrogen-bond acceptors (Lipinski definition) is 5. The van der Waals surface area contributed by atoms with Gasteiger partial charge in [-0.15, -0.1) is 0 Å². The maximum Gasteiger partial charge on any atom is 0.293 e. The standard InChI is InChI=1S/C20H29NO4/c1-20(2)24-13-18-16(4-3-5-19(18)25-20)6-7-17(23-14-22)12-15-8-10-21-11-9-15/h3-5,14-15,17,21H,6-13H2,1-2H3. The fraction of sp³-hybridized carbons (Fsp3) is 0.650. The molecule has 2 heterocycles. The fourth-order valence-corrected chi connectivity index (χ4v) is 3.77. The maximum atomic E-state index is 10.9. The molecule has 3 rings (SSSR count). The number of ether oxygens (including phenoxy) is 3. The highest BCUT2D eigenvalue weighted by Gasteiger charge is 2.28. The third kappa shape index (κ3) is 4.95. The second-order valence-electron chi connectivity index (χ2n) is 7.51. The first-order chi connectivity index (χ1) is 12.1. The predicted octanol–water partition coefficient (Wildman–Crippen LogP) is 3.20. The van der Waals surface area contributed by atoms with Gasteiger partial charge in [-0.05, 0) is 62.7 Å². The molecule has 1 atom stereocenters. The van der Waals surface area contributed by atoms with Crippen molar-refractivity contribution < 1.29 is 19.0 Å². The first kappa shape index (κ1) is 18.2. The molecule has 1 aromatic carbocycles. The van der Waals surface area contributed by atoms with Crippen LogP contribution in [0.2, 0.25) is 0 Å². The zero-order valence-corrected chi connectivity index (χ0v) is 15.3. The number of carbonyl (C=O) groups excluding carboxylic acids is 1. The minimum Gasteiger partial charge on any atom is -0.465 e. The smallest absolute Gasteiger partial charge is 0.293 e. The molecular formula is C20H29NO4. The highest BCUT2D eigenvalue weighted by atomic mass is 16.7. The van der Waals surface area contributed by atoms with E-state index in [2.05, 4.69) is 11.4 Å². The first-order valence-corrected chi connectivity index (χ1v) is 9.31. The van der Waals surface area contributed by atoms with Gasteiger partial charge in [-0.1, -0.05) is 12.1 Å². The van der Waals surface area contributed by atoms with Gasteiger partial charge in [0.25, 0.3) is 6.47 Å². The molecule has 1 aromatic rings. The number of aryl methyl sites for hydroxylation is 1. The Labute approximate surface area is 150 Å². The van der Waals surface area contributed by atoms with E-state index in [4.69, 9.17) is 14.2 Å². The summed E-state index contributed by atoms with van der Waals surface area (Å²) < 4.78 is 17.1. The van der Waals surface area contributed by atoms with Crippen molar-refractivity contribution in [2.75, 3.05) is 13.1 Å². The molecule has 0 aliphatic carbocycles. The lowest BCUT2D eigenvalue weighted by atomic mass is 9.89. The highest BCUT2D eigenvalue weighted by molar-refractivity contribution is 5.41. The van der Waals surface area contributed by atoms with Gasteiger partial charge in [0.2, 0.25) is 5.79 Å². The summed E-state index contributed by atoms with van der Waals surface area (Å²) in [6.45, 7) is 7.14. The van der Waals surface area contributed by atoms with Gasteiger partial charge in [0.15, 0.2) is 0 Å². The Morgan fingerprint density at radius 1 is 1.36 bits per heavy atom. The van der Waals surface area contributed by atoms with Crippen molar-refractivity contribution in [2.45, 2.75) is 64.4 Å². The summed E-state index contributed by atoms with van der Waals surface area (Å²) in [6, 6.07) is 6.14. The van der Waals surface area contributed by atoms with Gasteiger partial charge >= 0.3 is 0 Å². The van der Waals surface area contributed by atoms with Crippen LogP contribution in [0.15, 0.2) is 18.2 Å². The summed E-state index contributed by atoms with van der Waals surface area (Å²) in [5.41, 5.74) is 2.34. The van der Waals surface area contributed by atoms with Crippen molar-refractivity contribution in [1.29, 1.82) is 0 Å². The van der Waals surface area contributed by atoms with Crippen LogP contribution < -0.4 is 10.1 Å². The predicted molar refractivity (Wildman–Crippen MR) is 95.4 cm³/mol. The van der Waals surface area contributed by atoms with Crippen molar-refractivity contribution in [3.8, 4) is 5.75 Å². The summed E-state index contributed by atoms with van der Waals surface area (Å²) in [6.07, 6.45) is 4.96. The molecule has 5 nitrogen and oxygen atoms in total. The maximum absolute atomic E-state index is 10.9. The SMILES string of the molecule is CC1(C)OCc2c(CCC(CC3CCNCC3)OC=O)cccc2O1. The Morgan fingerprint density at radius 3 is 2.92 bits per heavy atom. The Kier molecular flexibility index (Phi) is 5.97. The molecule has 1 saturated heterocycles. The van der Waals surface area contributed by atoms with E-state index in [0.29, 0.717) is 19.0 Å². The van der Waals surface area contributed by atoms with Crippen molar-refractivity contribution in [3.05, 3.63) is 29.3 Å². The molecule has 1 N–H and O–H groups in total. The van der Waals surface area contributed by atoms with Crippen molar-refractivity contribution >= 4 is 6.47 Å². The molecule has 5 heteroatoms. The Bertz CT molecular complexity index is 581. The van der Waals surface area contributed by atoms with Crippen LogP contribution in [0.25, 0.3) is 0 Å². The van der Waals surface area contributed by atoms with Gasteiger partial charge in [0, 0.05) is 19.4 Å². The Hall–Kier alpha value is -1.59. The molecule has 0 amide bonds. The number of piperidine rings is 1. The van der Waals surface area contributed by atoms with E-state index < -0.39 is 5.79 Å². The largest absolute Gasteiger partial charge is 0.465 e. The van der Waals surface area contributed by atoms with Crippen LogP contribution in [0.3, 0.4) is 0 Å². The minimum absolute atomic E-state index is 0.0154. The highest BCUT2D eigenvalue weighted by Crippen LogP contribution is 2.34. The van der Waals surface area contributed by atoms with Gasteiger partial charge in [-0.3, -0.25) is 4.79 Å². The van der Waals surface area contributed by atoms with Crippen molar-refractivity contribution in [3.63, 3.8) is 0 Å². The van der Waals surface area contributed by atoms with Crippen LogP contribution in [0.4, 0.5) is 0 Å². The molecule has 25 heavy (non-hydrogen) atoms. The summed E-state index contributed by atoms with van der Waals surface area (Å²) in [5, 5.41) is 3.38. The number of hydrogen-bond donors (Lipinski definition) is 1. The van der Waals surface area contributed by atoms with Crippen LogP contribution in [-0.4, -0.2) is 31.5 Å². The van der Waals surface area contributed by atoms with Crippen LogP contribution >= 0.6 is 0 Å². The molecule has 138 valence electrons. The molecule has 1 fully saturated rings. The molecule has 0 saturated carbocycles. The average Bonchev–Trinajstić information content (AvgIpc) is 2.59. The monoisotopic (exact) mass is 347 g/mol. The molecule has 0 aromatic heterocycles. The van der Waals surface area contributed by atoms with E-state index in [-0.39, 0.29) is 6.10 Å². The normalized spacial score (nSPS) is 21.0. The number of fused-ring (bicyclic) bond motifs is 1. The van der Waals surface area contributed by atoms with Gasteiger partial charge in [0.1, 0.15) is 11.9 Å². The number of rotatable bonds is 7. The fourth-order valence-electron chi connectivity index (χ4n) is 3.77. The second kappa shape index (κ2) is 8.19. The van der Waals surface area contributed by atoms with E-state index in [0.717, 1.165) is 56.5 Å². The molecule has 1 unspecified atom stereocenters. The molecule has 2 aliphatic rings. The quantitative estimate of drug-likeness (QED) is 0.768. The zero-order valence-electron chi connectivity index (χ0n) is 15.3. The molecular weight excluding hydrogens is 318 g/mol. The van der Waals surface area contributed by atoms with Crippen LogP contribution in [0.5, 0.6) is 5.75 Å². The van der Waals surface area contributed by atoms with Crippen LogP contribution in [0.1, 0.15) is 50.7 Å². The minimum atomic E-state index is -0.580. The summed E-state index contributed by atoms with van der Waals surface area (Å²) in [7, 11) is 0. The van der Waals surface area contributed by atoms with E-state index >= 15 is 0 Å².